The molecule has 7 rings (SSSR count). The molecule has 2 saturated heterocycles. The van der Waals surface area contributed by atoms with E-state index in [9.17, 15) is 4.79 Å². The summed E-state index contributed by atoms with van der Waals surface area (Å²) in [6.07, 6.45) is 2.28. The number of primary amides is 1. The zero-order valence-electron chi connectivity index (χ0n) is 24.1. The standard InChI is InChI=1S/C29H38N10O2/c1-29(2,27(30)40)38-12-10-36(11-13-38)18-22-32-23-25(35(22)3)33-28(34-26(23)37-14-16-41-17-15-37)39-21-7-5-4-6-20(21)31-24(39)19-8-9-19/h4-7,19H,8-18H2,1-3H3,(H2,30,40). The van der Waals surface area contributed by atoms with Crippen LogP contribution in [0.15, 0.2) is 24.3 Å². The number of imidazole rings is 2. The lowest BCUT2D eigenvalue weighted by Crippen LogP contribution is -2.59. The maximum absolute atomic E-state index is 12.0. The van der Waals surface area contributed by atoms with Gasteiger partial charge in [-0.05, 0) is 38.8 Å². The molecule has 12 nitrogen and oxygen atoms in total. The molecule has 2 aliphatic heterocycles. The highest BCUT2D eigenvalue weighted by atomic mass is 16.5. The van der Waals surface area contributed by atoms with E-state index in [0.29, 0.717) is 31.6 Å². The van der Waals surface area contributed by atoms with E-state index >= 15 is 0 Å². The highest BCUT2D eigenvalue weighted by Gasteiger charge is 2.35. The molecule has 4 aromatic rings. The normalized spacial score (nSPS) is 19.4. The average Bonchev–Trinajstić information content (AvgIpc) is 3.69. The Balaban J connectivity index is 1.27. The Hall–Kier alpha value is -3.61. The van der Waals surface area contributed by atoms with E-state index < -0.39 is 5.54 Å². The third kappa shape index (κ3) is 4.63. The Morgan fingerprint density at radius 3 is 2.44 bits per heavy atom. The number of aryl methyl sites for hydroxylation is 1. The van der Waals surface area contributed by atoms with Gasteiger partial charge >= 0.3 is 0 Å². The fraction of sp³-hybridized carbons (Fsp3) is 0.552. The summed E-state index contributed by atoms with van der Waals surface area (Å²) < 4.78 is 9.93. The first-order valence-corrected chi connectivity index (χ1v) is 14.6. The molecule has 2 N–H and O–H groups in total. The number of amides is 1. The quantitative estimate of drug-likeness (QED) is 0.362. The Bertz CT molecular complexity index is 1610. The van der Waals surface area contributed by atoms with Crippen LogP contribution in [-0.2, 0) is 23.1 Å². The van der Waals surface area contributed by atoms with Crippen molar-refractivity contribution in [3.63, 3.8) is 0 Å². The van der Waals surface area contributed by atoms with Gasteiger partial charge in [0.05, 0.1) is 36.3 Å². The second-order valence-corrected chi connectivity index (χ2v) is 12.0. The molecular formula is C29H38N10O2. The lowest BCUT2D eigenvalue weighted by Gasteiger charge is -2.42. The van der Waals surface area contributed by atoms with E-state index in [2.05, 4.69) is 36.0 Å². The molecule has 0 spiro atoms. The number of morpholine rings is 1. The number of benzene rings is 1. The van der Waals surface area contributed by atoms with Crippen LogP contribution in [0.5, 0.6) is 0 Å². The van der Waals surface area contributed by atoms with Crippen molar-refractivity contribution in [2.75, 3.05) is 57.4 Å². The fourth-order valence-electron chi connectivity index (χ4n) is 6.01. The predicted molar refractivity (Wildman–Crippen MR) is 156 cm³/mol. The number of nitrogens with zero attached hydrogens (tertiary/aromatic N) is 9. The Labute approximate surface area is 239 Å². The highest BCUT2D eigenvalue weighted by Crippen LogP contribution is 2.42. The van der Waals surface area contributed by atoms with E-state index in [1.165, 1.54) is 0 Å². The van der Waals surface area contributed by atoms with Crippen LogP contribution in [0.1, 0.15) is 44.3 Å². The van der Waals surface area contributed by atoms with Gasteiger partial charge in [-0.3, -0.25) is 19.2 Å². The molecule has 3 aromatic heterocycles. The maximum Gasteiger partial charge on any atom is 0.239 e. The van der Waals surface area contributed by atoms with Gasteiger partial charge in [-0.25, -0.2) is 9.97 Å². The van der Waals surface area contributed by atoms with Gasteiger partial charge in [-0.2, -0.15) is 9.97 Å². The van der Waals surface area contributed by atoms with Gasteiger partial charge in [0.1, 0.15) is 11.6 Å². The second kappa shape index (κ2) is 10.0. The first kappa shape index (κ1) is 26.3. The minimum atomic E-state index is -0.653. The van der Waals surface area contributed by atoms with Crippen molar-refractivity contribution in [3.05, 3.63) is 35.9 Å². The number of aromatic nitrogens is 6. The summed E-state index contributed by atoms with van der Waals surface area (Å²) >= 11 is 0. The van der Waals surface area contributed by atoms with E-state index in [1.54, 1.807) is 0 Å². The van der Waals surface area contributed by atoms with Crippen LogP contribution in [0, 0.1) is 0 Å². The first-order chi connectivity index (χ1) is 19.8. The molecular weight excluding hydrogens is 520 g/mol. The van der Waals surface area contributed by atoms with Crippen LogP contribution in [0.4, 0.5) is 5.82 Å². The Kier molecular flexibility index (Phi) is 6.44. The summed E-state index contributed by atoms with van der Waals surface area (Å²) in [5, 5.41) is 0. The number of hydrogen-bond donors (Lipinski definition) is 1. The molecule has 1 aliphatic carbocycles. The molecule has 0 radical (unpaired) electrons. The Morgan fingerprint density at radius 1 is 1.00 bits per heavy atom. The number of piperazine rings is 1. The molecule has 5 heterocycles. The third-order valence-electron chi connectivity index (χ3n) is 8.95. The minimum Gasteiger partial charge on any atom is -0.378 e. The van der Waals surface area contributed by atoms with Crippen molar-refractivity contribution in [1.29, 1.82) is 0 Å². The molecule has 3 fully saturated rings. The van der Waals surface area contributed by atoms with Gasteiger partial charge in [-0.1, -0.05) is 12.1 Å². The minimum absolute atomic E-state index is 0.290. The summed E-state index contributed by atoms with van der Waals surface area (Å²) in [5.41, 5.74) is 8.65. The number of ether oxygens (including phenoxy) is 1. The van der Waals surface area contributed by atoms with Crippen molar-refractivity contribution >= 4 is 33.9 Å². The summed E-state index contributed by atoms with van der Waals surface area (Å²) in [6, 6.07) is 8.24. The van der Waals surface area contributed by atoms with Crippen LogP contribution < -0.4 is 10.6 Å². The predicted octanol–water partition coefficient (Wildman–Crippen LogP) is 1.80. The molecule has 1 saturated carbocycles. The van der Waals surface area contributed by atoms with E-state index in [1.807, 2.05) is 33.0 Å². The third-order valence-corrected chi connectivity index (χ3v) is 8.95. The van der Waals surface area contributed by atoms with Gasteiger partial charge in [0.25, 0.3) is 0 Å². The Morgan fingerprint density at radius 2 is 1.73 bits per heavy atom. The largest absolute Gasteiger partial charge is 0.378 e. The summed E-state index contributed by atoms with van der Waals surface area (Å²) in [4.78, 5) is 39.3. The number of anilines is 1. The van der Waals surface area contributed by atoms with Crippen molar-refractivity contribution in [2.24, 2.45) is 12.8 Å². The molecule has 1 amide bonds. The molecule has 0 bridgehead atoms. The maximum atomic E-state index is 12.0. The number of nitrogens with two attached hydrogens (primary N) is 1. The van der Waals surface area contributed by atoms with Gasteiger partial charge in [0, 0.05) is 52.2 Å². The van der Waals surface area contributed by atoms with Crippen molar-refractivity contribution in [3.8, 4) is 5.95 Å². The molecule has 3 aliphatic rings. The van der Waals surface area contributed by atoms with Gasteiger partial charge in [-0.15, -0.1) is 0 Å². The molecule has 0 atom stereocenters. The molecule has 216 valence electrons. The number of para-hydroxylation sites is 2. The average molecular weight is 559 g/mol. The van der Waals surface area contributed by atoms with Crippen LogP contribution in [0.3, 0.4) is 0 Å². The molecule has 1 aromatic carbocycles. The number of carbonyl (C=O) groups excluding carboxylic acids is 1. The smallest absolute Gasteiger partial charge is 0.239 e. The highest BCUT2D eigenvalue weighted by molar-refractivity contribution is 5.86. The van der Waals surface area contributed by atoms with Crippen LogP contribution >= 0.6 is 0 Å². The summed E-state index contributed by atoms with van der Waals surface area (Å²) in [5.74, 6) is 3.63. The van der Waals surface area contributed by atoms with Crippen molar-refractivity contribution in [1.82, 2.24) is 38.9 Å². The van der Waals surface area contributed by atoms with E-state index in [-0.39, 0.29) is 5.91 Å². The topological polar surface area (TPSA) is 123 Å². The van der Waals surface area contributed by atoms with Gasteiger partial charge in [0.2, 0.25) is 11.9 Å². The number of fused-ring (bicyclic) bond motifs is 2. The molecule has 12 heteroatoms. The lowest BCUT2D eigenvalue weighted by molar-refractivity contribution is -0.129. The van der Waals surface area contributed by atoms with E-state index in [4.69, 9.17) is 30.4 Å². The molecule has 0 unspecified atom stereocenters. The van der Waals surface area contributed by atoms with E-state index in [0.717, 1.165) is 91.8 Å². The zero-order valence-corrected chi connectivity index (χ0v) is 24.1. The number of hydrogen-bond acceptors (Lipinski definition) is 9. The first-order valence-electron chi connectivity index (χ1n) is 14.6. The molecule has 41 heavy (non-hydrogen) atoms. The van der Waals surface area contributed by atoms with Gasteiger partial charge < -0.3 is 19.9 Å². The monoisotopic (exact) mass is 558 g/mol. The van der Waals surface area contributed by atoms with Crippen molar-refractivity contribution < 1.29 is 9.53 Å². The zero-order chi connectivity index (χ0) is 28.3. The van der Waals surface area contributed by atoms with Crippen LogP contribution in [0.25, 0.3) is 28.1 Å². The summed E-state index contributed by atoms with van der Waals surface area (Å²) in [6.45, 7) is 10.6. The second-order valence-electron chi connectivity index (χ2n) is 12.0. The lowest BCUT2D eigenvalue weighted by atomic mass is 10.0. The number of rotatable bonds is 7. The SMILES string of the molecule is Cn1c(CN2CCN(C(C)(C)C(N)=O)CC2)nc2c(N3CCOCC3)nc(-n3c(C4CC4)nc4ccccc43)nc21. The van der Waals surface area contributed by atoms with Gasteiger partial charge in [0.15, 0.2) is 17.0 Å². The van der Waals surface area contributed by atoms with Crippen LogP contribution in [0.2, 0.25) is 0 Å². The van der Waals surface area contributed by atoms with Crippen LogP contribution in [-0.4, -0.2) is 103 Å². The fourth-order valence-corrected chi connectivity index (χ4v) is 6.01. The van der Waals surface area contributed by atoms with Crippen molar-refractivity contribution in [2.45, 2.75) is 44.7 Å². The summed E-state index contributed by atoms with van der Waals surface area (Å²) in [7, 11) is 2.05. The number of carbonyl (C=O) groups is 1.